The maximum absolute atomic E-state index is 13.0. The molecule has 3 aromatic carbocycles. The topological polar surface area (TPSA) is 75.7 Å². The Morgan fingerprint density at radius 1 is 1.00 bits per heavy atom. The van der Waals surface area contributed by atoms with Crippen LogP contribution in [-0.2, 0) is 16.4 Å². The van der Waals surface area contributed by atoms with Gasteiger partial charge in [0.05, 0.1) is 11.5 Å². The second kappa shape index (κ2) is 8.81. The van der Waals surface area contributed by atoms with Crippen molar-refractivity contribution in [3.8, 4) is 5.75 Å². The van der Waals surface area contributed by atoms with Crippen molar-refractivity contribution >= 4 is 27.3 Å². The molecule has 4 rings (SSSR count). The molecular weight excluding hydrogens is 412 g/mol. The molecule has 1 aliphatic rings. The molecule has 0 unspecified atom stereocenters. The number of benzene rings is 3. The van der Waals surface area contributed by atoms with Gasteiger partial charge in [-0.1, -0.05) is 18.2 Å². The first-order chi connectivity index (χ1) is 15.0. The van der Waals surface area contributed by atoms with E-state index < -0.39 is 10.0 Å². The predicted molar refractivity (Wildman–Crippen MR) is 121 cm³/mol. The normalized spacial score (nSPS) is 13.4. The fraction of sp³-hybridized carbons (Fsp3) is 0.208. The van der Waals surface area contributed by atoms with Crippen LogP contribution in [0.4, 0.5) is 11.4 Å². The standard InChI is InChI=1S/C24H24N2O4S/c1-2-30-21-13-11-20(12-14-21)25-31(28,29)22-15-9-19(10-16-22)24(27)26-17-5-7-18-6-3-4-8-23(18)26/h3-4,6,8-16,25H,2,5,7,17H2,1H3. The first kappa shape index (κ1) is 20.9. The summed E-state index contributed by atoms with van der Waals surface area (Å²) in [5.41, 5.74) is 2.97. The molecule has 6 nitrogen and oxygen atoms in total. The Hall–Kier alpha value is -3.32. The summed E-state index contributed by atoms with van der Waals surface area (Å²) in [5.74, 6) is 0.545. The zero-order valence-corrected chi connectivity index (χ0v) is 18.1. The van der Waals surface area contributed by atoms with E-state index in [9.17, 15) is 13.2 Å². The lowest BCUT2D eigenvalue weighted by Gasteiger charge is -2.29. The fourth-order valence-electron chi connectivity index (χ4n) is 3.68. The molecule has 0 bridgehead atoms. The van der Waals surface area contributed by atoms with Gasteiger partial charge in [0, 0.05) is 23.5 Å². The molecule has 0 saturated heterocycles. The third-order valence-electron chi connectivity index (χ3n) is 5.18. The molecule has 0 fully saturated rings. The van der Waals surface area contributed by atoms with Gasteiger partial charge in [-0.2, -0.15) is 0 Å². The van der Waals surface area contributed by atoms with Gasteiger partial charge in [0.15, 0.2) is 0 Å². The highest BCUT2D eigenvalue weighted by Crippen LogP contribution is 2.28. The zero-order valence-electron chi connectivity index (χ0n) is 17.2. The molecule has 1 amide bonds. The van der Waals surface area contributed by atoms with E-state index in [2.05, 4.69) is 4.72 Å². The Morgan fingerprint density at radius 3 is 2.42 bits per heavy atom. The number of hydrogen-bond donors (Lipinski definition) is 1. The molecular formula is C24H24N2O4S. The van der Waals surface area contributed by atoms with Crippen LogP contribution in [0.25, 0.3) is 0 Å². The van der Waals surface area contributed by atoms with Crippen LogP contribution in [-0.4, -0.2) is 27.5 Å². The summed E-state index contributed by atoms with van der Waals surface area (Å²) in [5, 5.41) is 0. The number of amides is 1. The zero-order chi connectivity index (χ0) is 21.8. The molecule has 7 heteroatoms. The van der Waals surface area contributed by atoms with Gasteiger partial charge in [-0.25, -0.2) is 8.42 Å². The van der Waals surface area contributed by atoms with Crippen molar-refractivity contribution in [3.05, 3.63) is 83.9 Å². The van der Waals surface area contributed by atoms with E-state index >= 15 is 0 Å². The van der Waals surface area contributed by atoms with Crippen molar-refractivity contribution in [2.24, 2.45) is 0 Å². The smallest absolute Gasteiger partial charge is 0.261 e. The van der Waals surface area contributed by atoms with Gasteiger partial charge < -0.3 is 9.64 Å². The Morgan fingerprint density at radius 2 is 1.71 bits per heavy atom. The highest BCUT2D eigenvalue weighted by atomic mass is 32.2. The molecule has 0 radical (unpaired) electrons. The van der Waals surface area contributed by atoms with Gasteiger partial charge in [0.25, 0.3) is 15.9 Å². The molecule has 0 aromatic heterocycles. The number of aryl methyl sites for hydroxylation is 1. The first-order valence-electron chi connectivity index (χ1n) is 10.2. The number of rotatable bonds is 6. The van der Waals surface area contributed by atoms with Crippen molar-refractivity contribution < 1.29 is 17.9 Å². The summed E-state index contributed by atoms with van der Waals surface area (Å²) >= 11 is 0. The van der Waals surface area contributed by atoms with Crippen LogP contribution in [0.3, 0.4) is 0 Å². The minimum absolute atomic E-state index is 0.0944. The average Bonchev–Trinajstić information content (AvgIpc) is 2.79. The highest BCUT2D eigenvalue weighted by Gasteiger charge is 2.24. The van der Waals surface area contributed by atoms with Crippen molar-refractivity contribution in [3.63, 3.8) is 0 Å². The van der Waals surface area contributed by atoms with E-state index in [4.69, 9.17) is 4.74 Å². The lowest BCUT2D eigenvalue weighted by molar-refractivity contribution is 0.0985. The highest BCUT2D eigenvalue weighted by molar-refractivity contribution is 7.92. The van der Waals surface area contributed by atoms with E-state index in [-0.39, 0.29) is 10.8 Å². The van der Waals surface area contributed by atoms with E-state index in [0.717, 1.165) is 24.1 Å². The lowest BCUT2D eigenvalue weighted by Crippen LogP contribution is -2.35. The number of carbonyl (C=O) groups excluding carboxylic acids is 1. The Kier molecular flexibility index (Phi) is 5.95. The van der Waals surface area contributed by atoms with Crippen LogP contribution in [0.5, 0.6) is 5.75 Å². The Balaban J connectivity index is 1.50. The number of nitrogens with one attached hydrogen (secondary N) is 1. The number of ether oxygens (including phenoxy) is 1. The van der Waals surface area contributed by atoms with Crippen molar-refractivity contribution in [1.82, 2.24) is 0 Å². The molecule has 0 aliphatic carbocycles. The summed E-state index contributed by atoms with van der Waals surface area (Å²) in [6.45, 7) is 3.07. The third kappa shape index (κ3) is 4.56. The molecule has 0 atom stereocenters. The lowest BCUT2D eigenvalue weighted by atomic mass is 10.0. The van der Waals surface area contributed by atoms with E-state index in [0.29, 0.717) is 30.2 Å². The Bertz CT molecular complexity index is 1170. The van der Waals surface area contributed by atoms with Crippen molar-refractivity contribution in [1.29, 1.82) is 0 Å². The van der Waals surface area contributed by atoms with Gasteiger partial charge in [0.2, 0.25) is 0 Å². The number of anilines is 2. The second-order valence-corrected chi connectivity index (χ2v) is 8.96. The molecule has 3 aromatic rings. The number of para-hydroxylation sites is 1. The van der Waals surface area contributed by atoms with Crippen LogP contribution in [0.1, 0.15) is 29.3 Å². The van der Waals surface area contributed by atoms with Gasteiger partial charge in [-0.3, -0.25) is 9.52 Å². The summed E-state index contributed by atoms with van der Waals surface area (Å²) in [7, 11) is -3.77. The van der Waals surface area contributed by atoms with E-state index in [1.807, 2.05) is 31.2 Å². The van der Waals surface area contributed by atoms with Crippen LogP contribution in [0.15, 0.2) is 77.7 Å². The third-order valence-corrected chi connectivity index (χ3v) is 6.58. The van der Waals surface area contributed by atoms with Crippen molar-refractivity contribution in [2.45, 2.75) is 24.7 Å². The van der Waals surface area contributed by atoms with Crippen LogP contribution >= 0.6 is 0 Å². The number of sulfonamides is 1. The van der Waals surface area contributed by atoms with Gasteiger partial charge >= 0.3 is 0 Å². The molecule has 31 heavy (non-hydrogen) atoms. The summed E-state index contributed by atoms with van der Waals surface area (Å²) < 4.78 is 33.4. The summed E-state index contributed by atoms with van der Waals surface area (Å²) in [6.07, 6.45) is 1.86. The molecule has 1 heterocycles. The minimum Gasteiger partial charge on any atom is -0.494 e. The fourth-order valence-corrected chi connectivity index (χ4v) is 4.74. The first-order valence-corrected chi connectivity index (χ1v) is 11.7. The average molecular weight is 437 g/mol. The predicted octanol–water partition coefficient (Wildman–Crippen LogP) is 4.48. The molecule has 1 aliphatic heterocycles. The quantitative estimate of drug-likeness (QED) is 0.618. The number of fused-ring (bicyclic) bond motifs is 1. The van der Waals surface area contributed by atoms with Crippen LogP contribution in [0.2, 0.25) is 0 Å². The molecule has 160 valence electrons. The number of carbonyl (C=O) groups is 1. The van der Waals surface area contributed by atoms with E-state index in [1.165, 1.54) is 12.1 Å². The van der Waals surface area contributed by atoms with Crippen molar-refractivity contribution in [2.75, 3.05) is 22.8 Å². The maximum atomic E-state index is 13.0. The van der Waals surface area contributed by atoms with E-state index in [1.54, 1.807) is 41.3 Å². The number of nitrogens with zero attached hydrogens (tertiary/aromatic N) is 1. The Labute approximate surface area is 182 Å². The van der Waals surface area contributed by atoms with Gasteiger partial charge in [-0.05, 0) is 79.9 Å². The SMILES string of the molecule is CCOc1ccc(NS(=O)(=O)c2ccc(C(=O)N3CCCc4ccccc43)cc2)cc1. The second-order valence-electron chi connectivity index (χ2n) is 7.28. The molecule has 1 N–H and O–H groups in total. The molecule has 0 spiro atoms. The van der Waals surface area contributed by atoms with Crippen LogP contribution < -0.4 is 14.4 Å². The van der Waals surface area contributed by atoms with Gasteiger partial charge in [-0.15, -0.1) is 0 Å². The number of hydrogen-bond acceptors (Lipinski definition) is 4. The maximum Gasteiger partial charge on any atom is 0.261 e. The minimum atomic E-state index is -3.77. The largest absolute Gasteiger partial charge is 0.494 e. The summed E-state index contributed by atoms with van der Waals surface area (Å²) in [6, 6.07) is 20.6. The van der Waals surface area contributed by atoms with Gasteiger partial charge in [0.1, 0.15) is 5.75 Å². The molecule has 0 saturated carbocycles. The summed E-state index contributed by atoms with van der Waals surface area (Å²) in [4.78, 5) is 14.9. The monoisotopic (exact) mass is 436 g/mol. The van der Waals surface area contributed by atoms with Crippen LogP contribution in [0, 0.1) is 0 Å².